The summed E-state index contributed by atoms with van der Waals surface area (Å²) < 4.78 is 0. The summed E-state index contributed by atoms with van der Waals surface area (Å²) in [7, 11) is 0. The van der Waals surface area contributed by atoms with Crippen molar-refractivity contribution >= 4 is 77.6 Å². The minimum atomic E-state index is 0. The average Bonchev–Trinajstić information content (AvgIpc) is 0. The van der Waals surface area contributed by atoms with Crippen LogP contribution in [0.5, 0.6) is 0 Å². The fourth-order valence-corrected chi connectivity index (χ4v) is 0. The minimum absolute atomic E-state index is 0. The van der Waals surface area contributed by atoms with E-state index in [0.717, 1.165) is 0 Å². The van der Waals surface area contributed by atoms with E-state index in [9.17, 15) is 0 Å². The van der Waals surface area contributed by atoms with Crippen LogP contribution in [0.3, 0.4) is 0 Å². The second-order valence-electron chi connectivity index (χ2n) is 0. The Balaban J connectivity index is 0. The second-order valence-corrected chi connectivity index (χ2v) is 0. The summed E-state index contributed by atoms with van der Waals surface area (Å²) in [6.07, 6.45) is 0. The average molecular weight is 290 g/mol. The third kappa shape index (κ3) is 8.83. The molecule has 4 heteroatoms. The third-order valence-electron chi connectivity index (χ3n) is 0. The van der Waals surface area contributed by atoms with E-state index in [2.05, 4.69) is 0 Å². The molecule has 0 aliphatic rings. The zero-order valence-electron chi connectivity index (χ0n) is 4.23. The van der Waals surface area contributed by atoms with Gasteiger partial charge in [-0.15, -0.1) is 0 Å². The van der Waals surface area contributed by atoms with Crippen LogP contribution in [-0.2, 0) is 0 Å². The SMILES string of the molecule is [Al].[Bi].[H-].[H-].[Mg+2].[Si]. The Kier molecular flexibility index (Phi) is 147. The van der Waals surface area contributed by atoms with E-state index < -0.39 is 0 Å². The van der Waals surface area contributed by atoms with Gasteiger partial charge in [-0.25, -0.2) is 0 Å². The van der Waals surface area contributed by atoms with Gasteiger partial charge >= 0.3 is 23.1 Å². The summed E-state index contributed by atoms with van der Waals surface area (Å²) in [5.74, 6) is 0. The molecule has 0 bridgehead atoms. The van der Waals surface area contributed by atoms with Gasteiger partial charge in [0.05, 0.1) is 0 Å². The maximum absolute atomic E-state index is 0. The quantitative estimate of drug-likeness (QED) is 0.487. The molecule has 0 saturated carbocycles. The van der Waals surface area contributed by atoms with Crippen LogP contribution in [0.2, 0.25) is 0 Å². The first kappa shape index (κ1) is 32.4. The van der Waals surface area contributed by atoms with Gasteiger partial charge in [-0.05, 0) is 0 Å². The van der Waals surface area contributed by atoms with Crippen LogP contribution in [0.1, 0.15) is 2.85 Å². The molecule has 0 rings (SSSR count). The van der Waals surface area contributed by atoms with Crippen LogP contribution in [-0.4, -0.2) is 77.6 Å². The van der Waals surface area contributed by atoms with Crippen LogP contribution in [0.4, 0.5) is 0 Å². The molecule has 10 radical (unpaired) electrons. The summed E-state index contributed by atoms with van der Waals surface area (Å²) in [6.45, 7) is 0. The van der Waals surface area contributed by atoms with E-state index in [0.29, 0.717) is 0 Å². The maximum atomic E-state index is 0. The molecule has 16 valence electrons. The Bertz CT molecular complexity index is 13.5. The first-order valence-corrected chi connectivity index (χ1v) is 0. The van der Waals surface area contributed by atoms with Crippen molar-refractivity contribution in [2.75, 3.05) is 0 Å². The van der Waals surface area contributed by atoms with Gasteiger partial charge < -0.3 is 2.85 Å². The molecule has 0 fully saturated rings. The van der Waals surface area contributed by atoms with Crippen LogP contribution in [0, 0.1) is 0 Å². The first-order valence-electron chi connectivity index (χ1n) is 0. The molecule has 0 aromatic carbocycles. The van der Waals surface area contributed by atoms with Crippen molar-refractivity contribution in [2.24, 2.45) is 0 Å². The normalized spacial score (nSPS) is 0. The molecule has 0 amide bonds. The minimum Gasteiger partial charge on any atom is -1.00 e. The molecule has 0 aromatic heterocycles. The molecule has 4 heavy (non-hydrogen) atoms. The topological polar surface area (TPSA) is 0 Å². The monoisotopic (exact) mass is 290 g/mol. The van der Waals surface area contributed by atoms with Crippen molar-refractivity contribution in [1.82, 2.24) is 0 Å². The fraction of sp³-hybridized carbons (Fsp3) is 0. The summed E-state index contributed by atoms with van der Waals surface area (Å²) >= 11 is 0. The zero-order chi connectivity index (χ0) is 0. The molecule has 0 unspecified atom stereocenters. The molecule has 0 saturated heterocycles. The standard InChI is InChI=1S/Al.Bi.Mg.Si.2H/q;;+2;;2*-1. The summed E-state index contributed by atoms with van der Waals surface area (Å²) in [4.78, 5) is 0. The predicted octanol–water partition coefficient (Wildman–Crippen LogP) is -1.30. The third-order valence-corrected chi connectivity index (χ3v) is 0. The van der Waals surface area contributed by atoms with Crippen molar-refractivity contribution in [3.63, 3.8) is 0 Å². The molecule has 0 aliphatic carbocycles. The largest absolute Gasteiger partial charge is 2.00 e. The molecule has 0 aliphatic heterocycles. The first-order chi connectivity index (χ1) is 0. The predicted molar refractivity (Wildman–Crippen MR) is 25.2 cm³/mol. The zero-order valence-corrected chi connectivity index (χ0v) is 9.28. The van der Waals surface area contributed by atoms with Crippen molar-refractivity contribution in [1.29, 1.82) is 0 Å². The van der Waals surface area contributed by atoms with Crippen LogP contribution in [0.15, 0.2) is 0 Å². The van der Waals surface area contributed by atoms with Gasteiger partial charge in [0.25, 0.3) is 0 Å². The molecule has 0 N–H and O–H groups in total. The van der Waals surface area contributed by atoms with Crippen molar-refractivity contribution in [3.05, 3.63) is 0 Å². The Morgan fingerprint density at radius 3 is 1.25 bits per heavy atom. The van der Waals surface area contributed by atoms with Crippen molar-refractivity contribution < 1.29 is 2.85 Å². The van der Waals surface area contributed by atoms with E-state index in [1.807, 2.05) is 0 Å². The van der Waals surface area contributed by atoms with Gasteiger partial charge in [0, 0.05) is 54.5 Å². The molecule has 0 aromatic rings. The Morgan fingerprint density at radius 2 is 1.25 bits per heavy atom. The number of hydrogen-bond acceptors (Lipinski definition) is 0. The van der Waals surface area contributed by atoms with Gasteiger partial charge in [-0.1, -0.05) is 0 Å². The molecular weight excluding hydrogens is 288 g/mol. The van der Waals surface area contributed by atoms with Crippen LogP contribution >= 0.6 is 0 Å². The van der Waals surface area contributed by atoms with Gasteiger partial charge in [0.2, 0.25) is 0 Å². The van der Waals surface area contributed by atoms with Crippen molar-refractivity contribution in [2.45, 2.75) is 0 Å². The molecule has 0 nitrogen and oxygen atoms in total. The Morgan fingerprint density at radius 1 is 1.25 bits per heavy atom. The summed E-state index contributed by atoms with van der Waals surface area (Å²) in [5, 5.41) is 0. The van der Waals surface area contributed by atoms with Gasteiger partial charge in [-0.2, -0.15) is 0 Å². The van der Waals surface area contributed by atoms with Crippen LogP contribution in [0.25, 0.3) is 0 Å². The van der Waals surface area contributed by atoms with Gasteiger partial charge in [0.1, 0.15) is 0 Å². The fourth-order valence-electron chi connectivity index (χ4n) is 0. The Hall–Kier alpha value is 2.40. The van der Waals surface area contributed by atoms with Gasteiger partial charge in [-0.3, -0.25) is 0 Å². The van der Waals surface area contributed by atoms with Crippen LogP contribution < -0.4 is 0 Å². The summed E-state index contributed by atoms with van der Waals surface area (Å²) in [5.41, 5.74) is 0. The van der Waals surface area contributed by atoms with E-state index in [1.165, 1.54) is 0 Å². The van der Waals surface area contributed by atoms with E-state index in [-0.39, 0.29) is 80.4 Å². The summed E-state index contributed by atoms with van der Waals surface area (Å²) in [6, 6.07) is 0. The van der Waals surface area contributed by atoms with Gasteiger partial charge in [0.15, 0.2) is 0 Å². The van der Waals surface area contributed by atoms with E-state index in [4.69, 9.17) is 0 Å². The van der Waals surface area contributed by atoms with Crippen molar-refractivity contribution in [3.8, 4) is 0 Å². The molecule has 0 spiro atoms. The molecular formula is H2AlBiMgSi. The maximum Gasteiger partial charge on any atom is 2.00 e. The van der Waals surface area contributed by atoms with E-state index >= 15 is 0 Å². The molecule has 0 atom stereocenters. The smallest absolute Gasteiger partial charge is 1.00 e. The number of rotatable bonds is 0. The number of hydrogen-bond donors (Lipinski definition) is 0. The molecule has 0 heterocycles. The Labute approximate surface area is 79.5 Å². The second kappa shape index (κ2) is 18.2. The van der Waals surface area contributed by atoms with E-state index in [1.54, 1.807) is 0 Å².